The van der Waals surface area contributed by atoms with Gasteiger partial charge in [0.25, 0.3) is 0 Å². The van der Waals surface area contributed by atoms with Gasteiger partial charge in [-0.05, 0) is 12.5 Å². The number of nitrogens with zero attached hydrogens (tertiary/aromatic N) is 2. The molecule has 0 atom stereocenters. The zero-order valence-electron chi connectivity index (χ0n) is 9.88. The lowest BCUT2D eigenvalue weighted by Crippen LogP contribution is -2.32. The number of thiophene rings is 1. The molecular formula is C10H14N4O3S. The summed E-state index contributed by atoms with van der Waals surface area (Å²) in [6.07, 6.45) is 3.29. The van der Waals surface area contributed by atoms with Gasteiger partial charge < -0.3 is 5.32 Å². The highest BCUT2D eigenvalue weighted by Crippen LogP contribution is 2.22. The Bertz CT molecular complexity index is 444. The van der Waals surface area contributed by atoms with Crippen molar-refractivity contribution in [3.05, 3.63) is 27.1 Å². The second-order valence-electron chi connectivity index (χ2n) is 3.41. The Kier molecular flexibility index (Phi) is 5.78. The van der Waals surface area contributed by atoms with E-state index in [-0.39, 0.29) is 11.0 Å². The molecule has 1 rings (SSSR count). The first-order valence-corrected chi connectivity index (χ1v) is 6.26. The number of unbranched alkanes of at least 4 members (excludes halogenated alkanes) is 1. The van der Waals surface area contributed by atoms with Crippen molar-refractivity contribution in [3.63, 3.8) is 0 Å². The number of amides is 2. The predicted octanol–water partition coefficient (Wildman–Crippen LogP) is 2.09. The Balaban J connectivity index is 2.35. The molecule has 0 spiro atoms. The molecule has 0 aliphatic heterocycles. The quantitative estimate of drug-likeness (QED) is 0.358. The summed E-state index contributed by atoms with van der Waals surface area (Å²) in [7, 11) is 0. The average Bonchev–Trinajstić information content (AvgIpc) is 2.78. The Hall–Kier alpha value is -1.96. The van der Waals surface area contributed by atoms with Crippen molar-refractivity contribution in [2.24, 2.45) is 5.10 Å². The van der Waals surface area contributed by atoms with Crippen LogP contribution in [0.2, 0.25) is 0 Å². The summed E-state index contributed by atoms with van der Waals surface area (Å²) in [5, 5.41) is 16.8. The van der Waals surface area contributed by atoms with Crippen molar-refractivity contribution in [3.8, 4) is 0 Å². The zero-order valence-corrected chi connectivity index (χ0v) is 10.7. The summed E-state index contributed by atoms with van der Waals surface area (Å²) >= 11 is 0.994. The van der Waals surface area contributed by atoms with Crippen LogP contribution >= 0.6 is 11.3 Å². The molecule has 0 saturated heterocycles. The number of carbonyl (C=O) groups excluding carboxylic acids is 1. The van der Waals surface area contributed by atoms with Crippen molar-refractivity contribution in [1.82, 2.24) is 10.7 Å². The van der Waals surface area contributed by atoms with Gasteiger partial charge in [0.1, 0.15) is 0 Å². The molecule has 0 unspecified atom stereocenters. The predicted molar refractivity (Wildman–Crippen MR) is 70.0 cm³/mol. The fourth-order valence-electron chi connectivity index (χ4n) is 1.08. The maximum Gasteiger partial charge on any atom is 0.335 e. The van der Waals surface area contributed by atoms with E-state index in [1.807, 2.05) is 6.92 Å². The Morgan fingerprint density at radius 2 is 2.39 bits per heavy atom. The van der Waals surface area contributed by atoms with Crippen LogP contribution in [-0.4, -0.2) is 23.7 Å². The number of hydrogen-bond donors (Lipinski definition) is 2. The van der Waals surface area contributed by atoms with E-state index in [0.717, 1.165) is 24.2 Å². The number of hydrogen-bond acceptors (Lipinski definition) is 5. The number of hydrazone groups is 1. The van der Waals surface area contributed by atoms with Gasteiger partial charge in [-0.15, -0.1) is 0 Å². The van der Waals surface area contributed by atoms with Crippen molar-refractivity contribution < 1.29 is 9.72 Å². The molecule has 0 aliphatic rings. The van der Waals surface area contributed by atoms with E-state index >= 15 is 0 Å². The Morgan fingerprint density at radius 3 is 3.00 bits per heavy atom. The molecule has 2 amide bonds. The topological polar surface area (TPSA) is 96.6 Å². The lowest BCUT2D eigenvalue weighted by Gasteiger charge is -2.01. The van der Waals surface area contributed by atoms with E-state index in [1.165, 1.54) is 12.3 Å². The van der Waals surface area contributed by atoms with Crippen molar-refractivity contribution in [2.75, 3.05) is 6.54 Å². The molecule has 7 nitrogen and oxygen atoms in total. The largest absolute Gasteiger partial charge is 0.337 e. The molecule has 0 radical (unpaired) electrons. The van der Waals surface area contributed by atoms with E-state index in [0.29, 0.717) is 11.4 Å². The first kappa shape index (κ1) is 14.1. The molecule has 8 heteroatoms. The fourth-order valence-corrected chi connectivity index (χ4v) is 1.78. The van der Waals surface area contributed by atoms with Gasteiger partial charge in [0.05, 0.1) is 16.0 Å². The maximum absolute atomic E-state index is 11.2. The smallest absolute Gasteiger partial charge is 0.335 e. The molecule has 1 heterocycles. The van der Waals surface area contributed by atoms with Gasteiger partial charge in [-0.3, -0.25) is 10.1 Å². The summed E-state index contributed by atoms with van der Waals surface area (Å²) in [6.45, 7) is 2.63. The fraction of sp³-hybridized carbons (Fsp3) is 0.400. The van der Waals surface area contributed by atoms with E-state index in [1.54, 1.807) is 6.07 Å². The molecular weight excluding hydrogens is 256 g/mol. The lowest BCUT2D eigenvalue weighted by atomic mass is 10.3. The number of urea groups is 1. The number of rotatable bonds is 6. The molecule has 1 aromatic heterocycles. The number of carbonyl (C=O) groups is 1. The van der Waals surface area contributed by atoms with Gasteiger partial charge in [-0.2, -0.15) is 5.10 Å². The van der Waals surface area contributed by atoms with Crippen LogP contribution in [0.5, 0.6) is 0 Å². The molecule has 0 saturated carbocycles. The third-order valence-corrected chi connectivity index (χ3v) is 2.94. The van der Waals surface area contributed by atoms with Gasteiger partial charge in [-0.1, -0.05) is 24.7 Å². The zero-order chi connectivity index (χ0) is 13.4. The van der Waals surface area contributed by atoms with Crippen LogP contribution in [0.25, 0.3) is 0 Å². The molecule has 0 aliphatic carbocycles. The van der Waals surface area contributed by atoms with Crippen LogP contribution < -0.4 is 10.7 Å². The molecule has 0 bridgehead atoms. The van der Waals surface area contributed by atoms with Crippen LogP contribution in [0, 0.1) is 10.1 Å². The second kappa shape index (κ2) is 7.38. The van der Waals surface area contributed by atoms with E-state index in [2.05, 4.69) is 15.8 Å². The summed E-state index contributed by atoms with van der Waals surface area (Å²) in [5.41, 5.74) is 2.28. The summed E-state index contributed by atoms with van der Waals surface area (Å²) in [4.78, 5) is 21.8. The second-order valence-corrected chi connectivity index (χ2v) is 4.51. The van der Waals surface area contributed by atoms with Gasteiger partial charge in [-0.25, -0.2) is 10.2 Å². The molecule has 18 heavy (non-hydrogen) atoms. The minimum atomic E-state index is -0.465. The highest BCUT2D eigenvalue weighted by molar-refractivity contribution is 7.16. The van der Waals surface area contributed by atoms with Crippen LogP contribution in [0.3, 0.4) is 0 Å². The summed E-state index contributed by atoms with van der Waals surface area (Å²) in [6, 6.07) is 2.58. The molecule has 0 fully saturated rings. The van der Waals surface area contributed by atoms with E-state index in [9.17, 15) is 14.9 Å². The number of nitrogens with one attached hydrogen (secondary N) is 2. The minimum absolute atomic E-state index is 0.0452. The highest BCUT2D eigenvalue weighted by atomic mass is 32.1. The normalized spacial score (nSPS) is 10.5. The average molecular weight is 270 g/mol. The third-order valence-electron chi connectivity index (χ3n) is 1.97. The molecule has 98 valence electrons. The van der Waals surface area contributed by atoms with Crippen LogP contribution in [0.1, 0.15) is 24.6 Å². The summed E-state index contributed by atoms with van der Waals surface area (Å²) in [5.74, 6) is 0. The monoisotopic (exact) mass is 270 g/mol. The van der Waals surface area contributed by atoms with Crippen molar-refractivity contribution in [1.29, 1.82) is 0 Å². The SMILES string of the molecule is CCCCNC(=O)N/N=C/c1ccc([N+](=O)[O-])s1. The molecule has 0 aromatic carbocycles. The van der Waals surface area contributed by atoms with Crippen LogP contribution in [0.15, 0.2) is 17.2 Å². The molecule has 1 aromatic rings. The molecule has 2 N–H and O–H groups in total. The third kappa shape index (κ3) is 4.91. The van der Waals surface area contributed by atoms with Gasteiger partial charge in [0.15, 0.2) is 0 Å². The first-order valence-electron chi connectivity index (χ1n) is 5.44. The van der Waals surface area contributed by atoms with Gasteiger partial charge in [0.2, 0.25) is 0 Å². The van der Waals surface area contributed by atoms with Crippen molar-refractivity contribution >= 4 is 28.6 Å². The number of nitro groups is 1. The maximum atomic E-state index is 11.2. The summed E-state index contributed by atoms with van der Waals surface area (Å²) < 4.78 is 0. The Labute approximate surface area is 108 Å². The van der Waals surface area contributed by atoms with Gasteiger partial charge >= 0.3 is 11.0 Å². The first-order chi connectivity index (χ1) is 8.63. The Morgan fingerprint density at radius 1 is 1.61 bits per heavy atom. The standard InChI is InChI=1S/C10H14N4O3S/c1-2-3-6-11-10(15)13-12-7-8-4-5-9(18-8)14(16)17/h4-5,7H,2-3,6H2,1H3,(H2,11,13,15)/b12-7+. The lowest BCUT2D eigenvalue weighted by molar-refractivity contribution is -0.380. The van der Waals surface area contributed by atoms with Crippen LogP contribution in [-0.2, 0) is 0 Å². The van der Waals surface area contributed by atoms with Crippen molar-refractivity contribution in [2.45, 2.75) is 19.8 Å². The van der Waals surface area contributed by atoms with Crippen LogP contribution in [0.4, 0.5) is 9.80 Å². The van der Waals surface area contributed by atoms with Gasteiger partial charge in [0, 0.05) is 12.6 Å². The minimum Gasteiger partial charge on any atom is -0.337 e. The van der Waals surface area contributed by atoms with E-state index < -0.39 is 4.92 Å². The highest BCUT2D eigenvalue weighted by Gasteiger charge is 2.07. The van der Waals surface area contributed by atoms with E-state index in [4.69, 9.17) is 0 Å².